The van der Waals surface area contributed by atoms with Crippen molar-refractivity contribution in [3.63, 3.8) is 0 Å². The second-order valence-electron chi connectivity index (χ2n) is 6.88. The smallest absolute Gasteiger partial charge is 0.251 e. The Balaban J connectivity index is 2.00. The molecule has 1 fully saturated rings. The van der Waals surface area contributed by atoms with Gasteiger partial charge in [-0.3, -0.25) is 4.79 Å². The summed E-state index contributed by atoms with van der Waals surface area (Å²) >= 11 is 0. The first kappa shape index (κ1) is 21.5. The van der Waals surface area contributed by atoms with Crippen molar-refractivity contribution < 1.29 is 22.7 Å². The Morgan fingerprint density at radius 1 is 1.07 bits per heavy atom. The van der Waals surface area contributed by atoms with Gasteiger partial charge >= 0.3 is 0 Å². The Labute approximate surface area is 162 Å². The topological polar surface area (TPSA) is 84.9 Å². The van der Waals surface area contributed by atoms with Gasteiger partial charge in [-0.15, -0.1) is 0 Å². The number of carbonyl (C=O) groups excluding carboxylic acids is 1. The number of carbonyl (C=O) groups is 1. The summed E-state index contributed by atoms with van der Waals surface area (Å²) in [6.07, 6.45) is 7.42. The first-order valence-corrected chi connectivity index (χ1v) is 11.2. The largest absolute Gasteiger partial charge is 0.497 e. The SMILES string of the molecule is COc1cc(OC)cc(C(=O)NCCN(C2CCCCCC2)S(C)(=O)=O)c1. The third kappa shape index (κ3) is 6.39. The average Bonchev–Trinajstić information content (AvgIpc) is 2.92. The van der Waals surface area contributed by atoms with Crippen molar-refractivity contribution in [1.29, 1.82) is 0 Å². The third-order valence-corrected chi connectivity index (χ3v) is 6.22. The van der Waals surface area contributed by atoms with Gasteiger partial charge in [0.15, 0.2) is 0 Å². The monoisotopic (exact) mass is 398 g/mol. The average molecular weight is 399 g/mol. The lowest BCUT2D eigenvalue weighted by atomic mass is 10.1. The molecule has 0 aliphatic heterocycles. The molecule has 0 atom stereocenters. The summed E-state index contributed by atoms with van der Waals surface area (Å²) in [4.78, 5) is 12.5. The molecule has 1 saturated carbocycles. The fourth-order valence-electron chi connectivity index (χ4n) is 3.49. The van der Waals surface area contributed by atoms with Crippen molar-refractivity contribution in [1.82, 2.24) is 9.62 Å². The van der Waals surface area contributed by atoms with E-state index < -0.39 is 10.0 Å². The number of sulfonamides is 1. The lowest BCUT2D eigenvalue weighted by molar-refractivity contribution is 0.0949. The van der Waals surface area contributed by atoms with Gasteiger partial charge in [0, 0.05) is 30.8 Å². The van der Waals surface area contributed by atoms with Crippen LogP contribution in [0.2, 0.25) is 0 Å². The highest BCUT2D eigenvalue weighted by Gasteiger charge is 2.27. The lowest BCUT2D eigenvalue weighted by Gasteiger charge is -2.29. The minimum atomic E-state index is -3.32. The molecule has 0 saturated heterocycles. The number of amides is 1. The molecule has 1 aliphatic carbocycles. The first-order valence-electron chi connectivity index (χ1n) is 9.33. The van der Waals surface area contributed by atoms with E-state index in [1.807, 2.05) is 0 Å². The van der Waals surface area contributed by atoms with E-state index in [-0.39, 0.29) is 25.0 Å². The molecule has 1 aliphatic rings. The summed E-state index contributed by atoms with van der Waals surface area (Å²) in [6.45, 7) is 0.526. The van der Waals surface area contributed by atoms with Crippen LogP contribution >= 0.6 is 0 Å². The van der Waals surface area contributed by atoms with Crippen molar-refractivity contribution in [2.45, 2.75) is 44.6 Å². The predicted octanol–water partition coefficient (Wildman–Crippen LogP) is 2.42. The van der Waals surface area contributed by atoms with Gasteiger partial charge in [-0.25, -0.2) is 8.42 Å². The fraction of sp³-hybridized carbons (Fsp3) is 0.632. The lowest BCUT2D eigenvalue weighted by Crippen LogP contribution is -2.44. The Kier molecular flexibility index (Phi) is 7.91. The number of hydrogen-bond donors (Lipinski definition) is 1. The van der Waals surface area contributed by atoms with E-state index >= 15 is 0 Å². The normalized spacial score (nSPS) is 16.0. The zero-order valence-electron chi connectivity index (χ0n) is 16.4. The molecule has 8 heteroatoms. The molecule has 0 heterocycles. The highest BCUT2D eigenvalue weighted by Crippen LogP contribution is 2.24. The second kappa shape index (κ2) is 9.94. The fourth-order valence-corrected chi connectivity index (χ4v) is 4.66. The van der Waals surface area contributed by atoms with Gasteiger partial charge in [-0.2, -0.15) is 4.31 Å². The number of rotatable bonds is 8. The van der Waals surface area contributed by atoms with Crippen LogP contribution in [0.25, 0.3) is 0 Å². The third-order valence-electron chi connectivity index (χ3n) is 4.89. The highest BCUT2D eigenvalue weighted by atomic mass is 32.2. The van der Waals surface area contributed by atoms with Crippen molar-refractivity contribution in [2.75, 3.05) is 33.6 Å². The molecule has 0 aromatic heterocycles. The van der Waals surface area contributed by atoms with Crippen LogP contribution in [-0.2, 0) is 10.0 Å². The van der Waals surface area contributed by atoms with E-state index in [1.165, 1.54) is 20.5 Å². The predicted molar refractivity (Wildman–Crippen MR) is 105 cm³/mol. The Hall–Kier alpha value is -1.80. The molecule has 0 unspecified atom stereocenters. The molecule has 0 radical (unpaired) electrons. The summed E-state index contributed by atoms with van der Waals surface area (Å²) in [7, 11) is -0.281. The van der Waals surface area contributed by atoms with Gasteiger partial charge in [0.1, 0.15) is 11.5 Å². The van der Waals surface area contributed by atoms with Crippen LogP contribution < -0.4 is 14.8 Å². The maximum absolute atomic E-state index is 12.5. The quantitative estimate of drug-likeness (QED) is 0.680. The zero-order valence-corrected chi connectivity index (χ0v) is 17.2. The van der Waals surface area contributed by atoms with Crippen molar-refractivity contribution in [2.24, 2.45) is 0 Å². The van der Waals surface area contributed by atoms with Crippen molar-refractivity contribution >= 4 is 15.9 Å². The van der Waals surface area contributed by atoms with E-state index in [1.54, 1.807) is 22.5 Å². The first-order chi connectivity index (χ1) is 12.8. The number of benzene rings is 1. The summed E-state index contributed by atoms with van der Waals surface area (Å²) in [5.74, 6) is 0.757. The summed E-state index contributed by atoms with van der Waals surface area (Å²) in [6, 6.07) is 4.96. The molecule has 1 aromatic rings. The standard InChI is InChI=1S/C19H30N2O5S/c1-25-17-12-15(13-18(14-17)26-2)19(22)20-10-11-21(27(3,23)24)16-8-6-4-5-7-9-16/h12-14,16H,4-11H2,1-3H3,(H,20,22). The molecular weight excluding hydrogens is 368 g/mol. The van der Waals surface area contributed by atoms with Crippen molar-refractivity contribution in [3.05, 3.63) is 23.8 Å². The Morgan fingerprint density at radius 2 is 1.63 bits per heavy atom. The van der Waals surface area contributed by atoms with Crippen molar-refractivity contribution in [3.8, 4) is 11.5 Å². The Bertz CT molecular complexity index is 705. The van der Waals surface area contributed by atoms with Crippen LogP contribution in [0.15, 0.2) is 18.2 Å². The summed E-state index contributed by atoms with van der Waals surface area (Å²) in [5, 5.41) is 2.80. The van der Waals surface area contributed by atoms with Crippen LogP contribution in [0.1, 0.15) is 48.9 Å². The van der Waals surface area contributed by atoms with Crippen LogP contribution in [0.3, 0.4) is 0 Å². The van der Waals surface area contributed by atoms with Crippen LogP contribution in [0.4, 0.5) is 0 Å². The molecule has 152 valence electrons. The minimum Gasteiger partial charge on any atom is -0.497 e. The van der Waals surface area contributed by atoms with E-state index in [4.69, 9.17) is 9.47 Å². The van der Waals surface area contributed by atoms with Gasteiger partial charge in [0.05, 0.1) is 20.5 Å². The zero-order chi connectivity index (χ0) is 19.9. The van der Waals surface area contributed by atoms with Crippen LogP contribution in [-0.4, -0.2) is 58.2 Å². The maximum Gasteiger partial charge on any atom is 0.251 e. The van der Waals surface area contributed by atoms with Gasteiger partial charge in [0.2, 0.25) is 10.0 Å². The number of nitrogens with zero attached hydrogens (tertiary/aromatic N) is 1. The van der Waals surface area contributed by atoms with E-state index in [0.717, 1.165) is 38.5 Å². The number of ether oxygens (including phenoxy) is 2. The molecular formula is C19H30N2O5S. The van der Waals surface area contributed by atoms with Gasteiger partial charge in [-0.1, -0.05) is 25.7 Å². The molecule has 1 N–H and O–H groups in total. The maximum atomic E-state index is 12.5. The second-order valence-corrected chi connectivity index (χ2v) is 8.81. The number of methoxy groups -OCH3 is 2. The molecule has 1 aromatic carbocycles. The van der Waals surface area contributed by atoms with Crippen LogP contribution in [0, 0.1) is 0 Å². The van der Waals surface area contributed by atoms with Gasteiger partial charge < -0.3 is 14.8 Å². The van der Waals surface area contributed by atoms with Gasteiger partial charge in [-0.05, 0) is 25.0 Å². The minimum absolute atomic E-state index is 0.0244. The van der Waals surface area contributed by atoms with E-state index in [9.17, 15) is 13.2 Å². The molecule has 27 heavy (non-hydrogen) atoms. The molecule has 7 nitrogen and oxygen atoms in total. The summed E-state index contributed by atoms with van der Waals surface area (Å²) in [5.41, 5.74) is 0.409. The molecule has 1 amide bonds. The van der Waals surface area contributed by atoms with Gasteiger partial charge in [0.25, 0.3) is 5.91 Å². The van der Waals surface area contributed by atoms with E-state index in [2.05, 4.69) is 5.32 Å². The molecule has 0 spiro atoms. The highest BCUT2D eigenvalue weighted by molar-refractivity contribution is 7.88. The number of nitrogens with one attached hydrogen (secondary N) is 1. The van der Waals surface area contributed by atoms with Crippen LogP contribution in [0.5, 0.6) is 11.5 Å². The Morgan fingerprint density at radius 3 is 2.11 bits per heavy atom. The molecule has 2 rings (SSSR count). The molecule has 0 bridgehead atoms. The summed E-state index contributed by atoms with van der Waals surface area (Å²) < 4.78 is 36.4. The van der Waals surface area contributed by atoms with E-state index in [0.29, 0.717) is 17.1 Å². The number of hydrogen-bond acceptors (Lipinski definition) is 5.